The van der Waals surface area contributed by atoms with Gasteiger partial charge in [-0.25, -0.2) is 0 Å². The van der Waals surface area contributed by atoms with Crippen molar-refractivity contribution in [2.24, 2.45) is 5.41 Å². The van der Waals surface area contributed by atoms with Crippen LogP contribution in [0.4, 0.5) is 0 Å². The highest BCUT2D eigenvalue weighted by Gasteiger charge is 2.41. The summed E-state index contributed by atoms with van der Waals surface area (Å²) in [6.45, 7) is 4.27. The zero-order valence-electron chi connectivity index (χ0n) is 14.2. The lowest BCUT2D eigenvalue weighted by Crippen LogP contribution is -2.31. The first-order valence-corrected chi connectivity index (χ1v) is 10.1. The molecule has 0 radical (unpaired) electrons. The molecule has 1 aliphatic carbocycles. The summed E-state index contributed by atoms with van der Waals surface area (Å²) in [4.78, 5) is 14.1. The fourth-order valence-electron chi connectivity index (χ4n) is 3.51. The number of hydrogen-bond donors (Lipinski definition) is 0. The van der Waals surface area contributed by atoms with Gasteiger partial charge in [0.05, 0.1) is 10.8 Å². The fraction of sp³-hybridized carbons (Fsp3) is 0.286. The van der Waals surface area contributed by atoms with Crippen LogP contribution in [0.2, 0.25) is 0 Å². The lowest BCUT2D eigenvalue weighted by Gasteiger charge is -2.37. The van der Waals surface area contributed by atoms with Gasteiger partial charge >= 0.3 is 0 Å². The van der Waals surface area contributed by atoms with Crippen molar-refractivity contribution in [2.45, 2.75) is 36.8 Å². The topological polar surface area (TPSA) is 26.3 Å². The Kier molecular flexibility index (Phi) is 4.28. The molecule has 0 spiro atoms. The molecule has 2 nitrogen and oxygen atoms in total. The summed E-state index contributed by atoms with van der Waals surface area (Å²) in [5.41, 5.74) is 1.89. The highest BCUT2D eigenvalue weighted by molar-refractivity contribution is 9.10. The number of carbonyl (C=O) groups is 1. The van der Waals surface area contributed by atoms with E-state index in [0.717, 1.165) is 38.4 Å². The third kappa shape index (κ3) is 3.30. The Labute approximate surface area is 160 Å². The van der Waals surface area contributed by atoms with Crippen molar-refractivity contribution in [1.82, 2.24) is 0 Å². The molecule has 0 saturated carbocycles. The average molecular weight is 415 g/mol. The number of Topliss-reactive ketones (excluding diaryl/α,β-unsaturated/α-hetero) is 1. The summed E-state index contributed by atoms with van der Waals surface area (Å²) in [7, 11) is 0. The van der Waals surface area contributed by atoms with Crippen molar-refractivity contribution in [1.29, 1.82) is 0 Å². The highest BCUT2D eigenvalue weighted by atomic mass is 79.9. The van der Waals surface area contributed by atoms with Gasteiger partial charge < -0.3 is 4.74 Å². The first-order chi connectivity index (χ1) is 11.9. The Bertz CT molecular complexity index is 868. The van der Waals surface area contributed by atoms with Gasteiger partial charge in [-0.05, 0) is 35.7 Å². The molecule has 2 aliphatic rings. The smallest absolute Gasteiger partial charge is 0.164 e. The van der Waals surface area contributed by atoms with Crippen molar-refractivity contribution < 1.29 is 9.53 Å². The normalized spacial score (nSPS) is 21.4. The number of hydrogen-bond acceptors (Lipinski definition) is 3. The van der Waals surface area contributed by atoms with Gasteiger partial charge in [-0.3, -0.25) is 4.79 Å². The molecule has 1 heterocycles. The summed E-state index contributed by atoms with van der Waals surface area (Å²) >= 11 is 5.21. The van der Waals surface area contributed by atoms with E-state index in [1.165, 1.54) is 0 Å². The molecule has 0 bridgehead atoms. The van der Waals surface area contributed by atoms with Crippen LogP contribution in [0.25, 0.3) is 0 Å². The molecule has 4 heteroatoms. The maximum Gasteiger partial charge on any atom is 0.164 e. The van der Waals surface area contributed by atoms with Crippen LogP contribution in [-0.2, 0) is 4.79 Å². The molecule has 1 aliphatic heterocycles. The molecule has 25 heavy (non-hydrogen) atoms. The summed E-state index contributed by atoms with van der Waals surface area (Å²) in [5.74, 6) is 1.95. The molecule has 0 N–H and O–H groups in total. The van der Waals surface area contributed by atoms with E-state index < -0.39 is 0 Å². The minimum Gasteiger partial charge on any atom is -0.461 e. The Balaban J connectivity index is 1.79. The first kappa shape index (κ1) is 16.9. The zero-order valence-corrected chi connectivity index (χ0v) is 16.6. The molecular weight excluding hydrogens is 396 g/mol. The van der Waals surface area contributed by atoms with Gasteiger partial charge in [0.2, 0.25) is 0 Å². The van der Waals surface area contributed by atoms with Gasteiger partial charge in [0, 0.05) is 27.8 Å². The van der Waals surface area contributed by atoms with Crippen molar-refractivity contribution in [2.75, 3.05) is 0 Å². The number of thioether (sulfide) groups is 1. The SMILES string of the molecule is CC1(C)CC(=O)C2=C(C1)Oc1ccccc1C2Sc1ccc(Br)cc1. The summed E-state index contributed by atoms with van der Waals surface area (Å²) in [6.07, 6.45) is 1.38. The number of allylic oxidation sites excluding steroid dienone is 1. The van der Waals surface area contributed by atoms with E-state index in [-0.39, 0.29) is 16.4 Å². The predicted octanol–water partition coefficient (Wildman–Crippen LogP) is 6.32. The van der Waals surface area contributed by atoms with Crippen molar-refractivity contribution in [3.63, 3.8) is 0 Å². The van der Waals surface area contributed by atoms with Gasteiger partial charge in [0.15, 0.2) is 5.78 Å². The van der Waals surface area contributed by atoms with Crippen LogP contribution in [0.3, 0.4) is 0 Å². The van der Waals surface area contributed by atoms with E-state index in [0.29, 0.717) is 6.42 Å². The molecule has 1 atom stereocenters. The van der Waals surface area contributed by atoms with E-state index in [9.17, 15) is 4.79 Å². The van der Waals surface area contributed by atoms with Crippen LogP contribution < -0.4 is 4.74 Å². The average Bonchev–Trinajstić information content (AvgIpc) is 2.55. The van der Waals surface area contributed by atoms with E-state index in [2.05, 4.69) is 48.0 Å². The molecule has 1 unspecified atom stereocenters. The largest absolute Gasteiger partial charge is 0.461 e. The number of ketones is 1. The molecular formula is C21H19BrO2S. The number of benzene rings is 2. The maximum absolute atomic E-state index is 12.9. The minimum atomic E-state index is -0.0466. The molecule has 2 aromatic carbocycles. The minimum absolute atomic E-state index is 0.00951. The molecule has 0 aromatic heterocycles. The van der Waals surface area contributed by atoms with Gasteiger partial charge in [0.1, 0.15) is 11.5 Å². The van der Waals surface area contributed by atoms with Crippen LogP contribution >= 0.6 is 27.7 Å². The van der Waals surface area contributed by atoms with Crippen LogP contribution in [0.5, 0.6) is 5.75 Å². The second-order valence-corrected chi connectivity index (χ2v) is 9.46. The molecule has 0 saturated heterocycles. The monoisotopic (exact) mass is 414 g/mol. The Hall–Kier alpha value is -1.52. The Morgan fingerprint density at radius 2 is 1.80 bits per heavy atom. The van der Waals surface area contributed by atoms with Gasteiger partial charge in [-0.1, -0.05) is 48.0 Å². The lowest BCUT2D eigenvalue weighted by atomic mass is 9.74. The second kappa shape index (κ2) is 6.33. The molecule has 128 valence electrons. The second-order valence-electron chi connectivity index (χ2n) is 7.37. The number of ether oxygens (including phenoxy) is 1. The fourth-order valence-corrected chi connectivity index (χ4v) is 5.04. The number of carbonyl (C=O) groups excluding carboxylic acids is 1. The Morgan fingerprint density at radius 1 is 1.08 bits per heavy atom. The predicted molar refractivity (Wildman–Crippen MR) is 105 cm³/mol. The number of para-hydroxylation sites is 1. The zero-order chi connectivity index (χ0) is 17.6. The standard InChI is InChI=1S/C21H19BrO2S/c1-21(2)11-16(23)19-18(12-21)24-17-6-4-3-5-15(17)20(19)25-14-9-7-13(22)8-10-14/h3-10,20H,11-12H2,1-2H3. The van der Waals surface area contributed by atoms with E-state index >= 15 is 0 Å². The van der Waals surface area contributed by atoms with Crippen molar-refractivity contribution >= 4 is 33.5 Å². The third-order valence-corrected chi connectivity index (χ3v) is 6.44. The third-order valence-electron chi connectivity index (χ3n) is 4.64. The summed E-state index contributed by atoms with van der Waals surface area (Å²) < 4.78 is 7.22. The van der Waals surface area contributed by atoms with Crippen LogP contribution in [-0.4, -0.2) is 5.78 Å². The Morgan fingerprint density at radius 3 is 2.56 bits per heavy atom. The van der Waals surface area contributed by atoms with Crippen molar-refractivity contribution in [3.8, 4) is 5.75 Å². The quantitative estimate of drug-likeness (QED) is 0.574. The van der Waals surface area contributed by atoms with Gasteiger partial charge in [-0.15, -0.1) is 11.8 Å². The molecule has 0 amide bonds. The van der Waals surface area contributed by atoms with Crippen LogP contribution in [0.1, 0.15) is 37.5 Å². The maximum atomic E-state index is 12.9. The van der Waals surface area contributed by atoms with E-state index in [1.807, 2.05) is 30.3 Å². The summed E-state index contributed by atoms with van der Waals surface area (Å²) in [6, 6.07) is 16.3. The van der Waals surface area contributed by atoms with Crippen LogP contribution in [0, 0.1) is 5.41 Å². The molecule has 0 fully saturated rings. The molecule has 4 rings (SSSR count). The first-order valence-electron chi connectivity index (χ1n) is 8.38. The number of halogens is 1. The highest BCUT2D eigenvalue weighted by Crippen LogP contribution is 2.53. The van der Waals surface area contributed by atoms with Crippen molar-refractivity contribution in [3.05, 3.63) is 69.9 Å². The number of rotatable bonds is 2. The molecule has 2 aromatic rings. The van der Waals surface area contributed by atoms with E-state index in [1.54, 1.807) is 11.8 Å². The lowest BCUT2D eigenvalue weighted by molar-refractivity contribution is -0.118. The van der Waals surface area contributed by atoms with Gasteiger partial charge in [0.25, 0.3) is 0 Å². The van der Waals surface area contributed by atoms with E-state index in [4.69, 9.17) is 4.74 Å². The van der Waals surface area contributed by atoms with Crippen LogP contribution in [0.15, 0.2) is 69.2 Å². The number of fused-ring (bicyclic) bond motifs is 1. The summed E-state index contributed by atoms with van der Waals surface area (Å²) in [5, 5.41) is -0.00951. The van der Waals surface area contributed by atoms with Gasteiger partial charge in [-0.2, -0.15) is 0 Å².